The molecule has 2 aliphatic carbocycles. The summed E-state index contributed by atoms with van der Waals surface area (Å²) in [6.07, 6.45) is 16.0. The average Bonchev–Trinajstić information content (AvgIpc) is 3.18. The Labute approximate surface area is 219 Å². The maximum atomic E-state index is 7.38. The van der Waals surface area contributed by atoms with Gasteiger partial charge < -0.3 is 9.80 Å². The van der Waals surface area contributed by atoms with Gasteiger partial charge in [-0.2, -0.15) is 0 Å². The second-order valence-electron chi connectivity index (χ2n) is 10.1. The number of allylic oxidation sites excluding steroid dienone is 3. The first-order chi connectivity index (χ1) is 17.7. The maximum absolute atomic E-state index is 7.38. The summed E-state index contributed by atoms with van der Waals surface area (Å²) in [6.45, 7) is 2.23. The van der Waals surface area contributed by atoms with Gasteiger partial charge in [-0.05, 0) is 68.4 Å². The van der Waals surface area contributed by atoms with Gasteiger partial charge in [0.1, 0.15) is 6.17 Å². The van der Waals surface area contributed by atoms with Crippen molar-refractivity contribution in [1.82, 2.24) is 9.97 Å². The molecule has 2 aromatic carbocycles. The predicted octanol–water partition coefficient (Wildman–Crippen LogP) is 8.10. The van der Waals surface area contributed by atoms with Crippen molar-refractivity contribution >= 4 is 34.6 Å². The first-order valence-corrected chi connectivity index (χ1v) is 13.7. The highest BCUT2D eigenvalue weighted by molar-refractivity contribution is 6.21. The SMILES string of the molecule is CCCc1ccc(N2c3nccnc3N(c3ccccc3)C2C2C3=CCCC=C(CC3)CC2Cl)cc1. The first kappa shape index (κ1) is 23.3. The predicted molar refractivity (Wildman–Crippen MR) is 149 cm³/mol. The van der Waals surface area contributed by atoms with Crippen molar-refractivity contribution in [2.24, 2.45) is 5.92 Å². The molecule has 0 amide bonds. The topological polar surface area (TPSA) is 32.3 Å². The van der Waals surface area contributed by atoms with E-state index in [0.29, 0.717) is 0 Å². The largest absolute Gasteiger partial charge is 0.301 e. The minimum absolute atomic E-state index is 0.00418. The number of aromatic nitrogens is 2. The van der Waals surface area contributed by atoms with E-state index in [4.69, 9.17) is 21.6 Å². The first-order valence-electron chi connectivity index (χ1n) is 13.3. The Morgan fingerprint density at radius 1 is 0.833 bits per heavy atom. The molecule has 1 fully saturated rings. The van der Waals surface area contributed by atoms with Gasteiger partial charge in [0.15, 0.2) is 11.6 Å². The summed E-state index contributed by atoms with van der Waals surface area (Å²) in [5.41, 5.74) is 6.61. The van der Waals surface area contributed by atoms with E-state index in [0.717, 1.165) is 68.0 Å². The fourth-order valence-electron chi connectivity index (χ4n) is 6.14. The Kier molecular flexibility index (Phi) is 6.54. The molecule has 3 unspecified atom stereocenters. The highest BCUT2D eigenvalue weighted by Crippen LogP contribution is 2.51. The number of halogens is 1. The summed E-state index contributed by atoms with van der Waals surface area (Å²) in [7, 11) is 0. The molecular formula is C31H33ClN4. The van der Waals surface area contributed by atoms with Crippen LogP contribution in [-0.2, 0) is 6.42 Å². The lowest BCUT2D eigenvalue weighted by atomic mass is 9.88. The van der Waals surface area contributed by atoms with E-state index in [1.54, 1.807) is 12.4 Å². The van der Waals surface area contributed by atoms with Crippen molar-refractivity contribution in [2.75, 3.05) is 9.80 Å². The van der Waals surface area contributed by atoms with Crippen LogP contribution in [-0.4, -0.2) is 21.5 Å². The van der Waals surface area contributed by atoms with Crippen LogP contribution in [0.2, 0.25) is 0 Å². The summed E-state index contributed by atoms with van der Waals surface area (Å²) in [5.74, 6) is 1.93. The minimum atomic E-state index is -0.0481. The van der Waals surface area contributed by atoms with E-state index >= 15 is 0 Å². The fraction of sp³-hybridized carbons (Fsp3) is 0.355. The third-order valence-corrected chi connectivity index (χ3v) is 8.20. The van der Waals surface area contributed by atoms with Gasteiger partial charge >= 0.3 is 0 Å². The normalized spacial score (nSPS) is 23.4. The Balaban J connectivity index is 1.54. The van der Waals surface area contributed by atoms with Crippen molar-refractivity contribution in [3.05, 3.63) is 95.9 Å². The van der Waals surface area contributed by atoms with E-state index in [-0.39, 0.29) is 17.5 Å². The molecule has 1 saturated carbocycles. The quantitative estimate of drug-likeness (QED) is 0.264. The third-order valence-electron chi connectivity index (χ3n) is 7.77. The van der Waals surface area contributed by atoms with E-state index in [1.807, 2.05) is 0 Å². The number of hydrogen-bond donors (Lipinski definition) is 0. The van der Waals surface area contributed by atoms with Crippen LogP contribution in [0.1, 0.15) is 51.0 Å². The smallest absolute Gasteiger partial charge is 0.178 e. The van der Waals surface area contributed by atoms with Gasteiger partial charge in [-0.3, -0.25) is 0 Å². The highest BCUT2D eigenvalue weighted by atomic mass is 35.5. The lowest BCUT2D eigenvalue weighted by Crippen LogP contribution is -2.48. The molecule has 0 saturated heterocycles. The van der Waals surface area contributed by atoms with Gasteiger partial charge in [0.25, 0.3) is 0 Å². The fourth-order valence-corrected chi connectivity index (χ4v) is 6.63. The molecule has 4 nitrogen and oxygen atoms in total. The number of anilines is 4. The van der Waals surface area contributed by atoms with Gasteiger partial charge in [0.05, 0.1) is 0 Å². The Hall–Kier alpha value is -3.11. The standard InChI is InChI=1S/C31H33ClN4/c1-2-8-22-14-17-26(18-15-22)36-30-29(33-19-20-34-30)35(25-11-4-3-5-12-25)31(36)28-24-10-7-6-9-23(13-16-24)21-27(28)32/h3-5,9-12,14-15,17-20,27-28,31H,2,6-8,13,16,21H2,1H3. The molecule has 3 aromatic rings. The summed E-state index contributed by atoms with van der Waals surface area (Å²) < 4.78 is 0. The van der Waals surface area contributed by atoms with Gasteiger partial charge in [-0.25, -0.2) is 9.97 Å². The van der Waals surface area contributed by atoms with E-state index in [9.17, 15) is 0 Å². The van der Waals surface area contributed by atoms with Crippen LogP contribution >= 0.6 is 11.6 Å². The number of hydrogen-bond acceptors (Lipinski definition) is 4. The highest BCUT2D eigenvalue weighted by Gasteiger charge is 2.48. The zero-order chi connectivity index (χ0) is 24.5. The second-order valence-corrected chi connectivity index (χ2v) is 10.6. The van der Waals surface area contributed by atoms with Crippen LogP contribution in [0.25, 0.3) is 0 Å². The molecule has 0 N–H and O–H groups in total. The molecule has 2 bridgehead atoms. The molecule has 3 aliphatic rings. The molecule has 36 heavy (non-hydrogen) atoms. The van der Waals surface area contributed by atoms with Crippen LogP contribution in [0.3, 0.4) is 0 Å². The van der Waals surface area contributed by atoms with Crippen LogP contribution in [0.4, 0.5) is 23.0 Å². The zero-order valence-corrected chi connectivity index (χ0v) is 21.6. The van der Waals surface area contributed by atoms with Crippen molar-refractivity contribution in [2.45, 2.75) is 63.4 Å². The average molecular weight is 497 g/mol. The minimum Gasteiger partial charge on any atom is -0.301 e. The van der Waals surface area contributed by atoms with Gasteiger partial charge in [-0.15, -0.1) is 11.6 Å². The number of benzene rings is 2. The number of nitrogens with zero attached hydrogens (tertiary/aromatic N) is 4. The lowest BCUT2D eigenvalue weighted by molar-refractivity contribution is 0.464. The molecule has 184 valence electrons. The molecule has 5 heteroatoms. The van der Waals surface area contributed by atoms with E-state index < -0.39 is 0 Å². The molecule has 6 rings (SSSR count). The number of fused-ring (bicyclic) bond motifs is 4. The summed E-state index contributed by atoms with van der Waals surface area (Å²) in [4.78, 5) is 14.5. The molecule has 1 aromatic heterocycles. The Morgan fingerprint density at radius 3 is 2.19 bits per heavy atom. The van der Waals surface area contributed by atoms with Crippen molar-refractivity contribution in [1.29, 1.82) is 0 Å². The van der Waals surface area contributed by atoms with Crippen molar-refractivity contribution in [3.63, 3.8) is 0 Å². The number of aryl methyl sites for hydroxylation is 1. The van der Waals surface area contributed by atoms with Gasteiger partial charge in [0, 0.05) is 35.1 Å². The van der Waals surface area contributed by atoms with Crippen molar-refractivity contribution in [3.8, 4) is 0 Å². The number of para-hydroxylation sites is 1. The van der Waals surface area contributed by atoms with Gasteiger partial charge in [0.2, 0.25) is 0 Å². The number of rotatable bonds is 5. The summed E-state index contributed by atoms with van der Waals surface area (Å²) in [5, 5.41) is -0.00418. The van der Waals surface area contributed by atoms with Crippen LogP contribution < -0.4 is 9.80 Å². The Bertz CT molecular complexity index is 1270. The molecule has 2 heterocycles. The molecule has 1 aliphatic heterocycles. The molecule has 0 radical (unpaired) electrons. The van der Waals surface area contributed by atoms with Crippen molar-refractivity contribution < 1.29 is 0 Å². The number of alkyl halides is 1. The zero-order valence-electron chi connectivity index (χ0n) is 20.9. The van der Waals surface area contributed by atoms with E-state index in [1.165, 1.54) is 16.7 Å². The van der Waals surface area contributed by atoms with Gasteiger partial charge in [-0.1, -0.05) is 67.0 Å². The maximum Gasteiger partial charge on any atom is 0.178 e. The van der Waals surface area contributed by atoms with Crippen LogP contribution in [0.15, 0.2) is 90.3 Å². The molecule has 3 atom stereocenters. The van der Waals surface area contributed by atoms with Crippen LogP contribution in [0.5, 0.6) is 0 Å². The monoisotopic (exact) mass is 496 g/mol. The second kappa shape index (κ2) is 10.1. The Morgan fingerprint density at radius 2 is 1.50 bits per heavy atom. The molecular weight excluding hydrogens is 464 g/mol. The summed E-state index contributed by atoms with van der Waals surface area (Å²) in [6, 6.07) is 19.6. The lowest BCUT2D eigenvalue weighted by Gasteiger charge is -2.40. The summed E-state index contributed by atoms with van der Waals surface area (Å²) >= 11 is 7.38. The van der Waals surface area contributed by atoms with Crippen LogP contribution in [0, 0.1) is 5.92 Å². The van der Waals surface area contributed by atoms with E-state index in [2.05, 4.69) is 83.5 Å². The molecule has 0 spiro atoms. The third kappa shape index (κ3) is 4.22.